The predicted molar refractivity (Wildman–Crippen MR) is 83.3 cm³/mol. The van der Waals surface area contributed by atoms with Crippen LogP contribution in [0, 0.1) is 0 Å². The first-order chi connectivity index (χ1) is 9.60. The second-order valence-electron chi connectivity index (χ2n) is 5.27. The molecule has 1 amide bonds. The minimum atomic E-state index is 0.0575. The Morgan fingerprint density at radius 1 is 1.40 bits per heavy atom. The molecule has 2 N–H and O–H groups in total. The molecular weight excluding hydrogens is 274 g/mol. The largest absolute Gasteiger partial charge is 0.371 e. The van der Waals surface area contributed by atoms with E-state index < -0.39 is 0 Å². The Hall–Kier alpha value is -1.26. The van der Waals surface area contributed by atoms with E-state index in [-0.39, 0.29) is 5.91 Å². The van der Waals surface area contributed by atoms with Gasteiger partial charge in [0.1, 0.15) is 0 Å². The number of hydrogen-bond acceptors (Lipinski definition) is 3. The van der Waals surface area contributed by atoms with Crippen molar-refractivity contribution in [2.24, 2.45) is 0 Å². The molecule has 0 aliphatic carbocycles. The number of carbonyl (C=O) groups excluding carboxylic acids is 1. The molecule has 0 unspecified atom stereocenters. The minimum Gasteiger partial charge on any atom is -0.371 e. The molecule has 1 heterocycles. The molecule has 4 nitrogen and oxygen atoms in total. The molecule has 0 bridgehead atoms. The number of rotatable bonds is 4. The molecule has 1 aliphatic heterocycles. The van der Waals surface area contributed by atoms with Gasteiger partial charge < -0.3 is 15.5 Å². The van der Waals surface area contributed by atoms with E-state index in [4.69, 9.17) is 11.6 Å². The van der Waals surface area contributed by atoms with E-state index in [9.17, 15) is 4.79 Å². The van der Waals surface area contributed by atoms with E-state index in [1.807, 2.05) is 19.2 Å². The van der Waals surface area contributed by atoms with Gasteiger partial charge in [-0.05, 0) is 37.6 Å². The van der Waals surface area contributed by atoms with Gasteiger partial charge in [0.05, 0.1) is 0 Å². The molecule has 110 valence electrons. The average molecular weight is 296 g/mol. The van der Waals surface area contributed by atoms with Gasteiger partial charge in [0.25, 0.3) is 0 Å². The van der Waals surface area contributed by atoms with Crippen LogP contribution in [0.3, 0.4) is 0 Å². The highest BCUT2D eigenvalue weighted by Gasteiger charge is 2.21. The lowest BCUT2D eigenvalue weighted by Gasteiger charge is -2.35. The van der Waals surface area contributed by atoms with Crippen LogP contribution >= 0.6 is 11.6 Å². The lowest BCUT2D eigenvalue weighted by atomic mass is 10.0. The number of hydrogen-bond donors (Lipinski definition) is 2. The van der Waals surface area contributed by atoms with Gasteiger partial charge in [-0.15, -0.1) is 0 Å². The summed E-state index contributed by atoms with van der Waals surface area (Å²) in [5.74, 6) is 0.0575. The number of anilines is 1. The Labute approximate surface area is 125 Å². The van der Waals surface area contributed by atoms with Crippen molar-refractivity contribution in [1.29, 1.82) is 0 Å². The van der Waals surface area contributed by atoms with Crippen molar-refractivity contribution in [3.8, 4) is 0 Å². The van der Waals surface area contributed by atoms with Gasteiger partial charge in [0.2, 0.25) is 5.91 Å². The third-order valence-electron chi connectivity index (χ3n) is 3.66. The van der Waals surface area contributed by atoms with E-state index >= 15 is 0 Å². The summed E-state index contributed by atoms with van der Waals surface area (Å²) >= 11 is 6.13. The van der Waals surface area contributed by atoms with Gasteiger partial charge in [0, 0.05) is 43.3 Å². The highest BCUT2D eigenvalue weighted by molar-refractivity contribution is 6.30. The Morgan fingerprint density at radius 2 is 2.10 bits per heavy atom. The minimum absolute atomic E-state index is 0.0575. The van der Waals surface area contributed by atoms with Gasteiger partial charge in [-0.1, -0.05) is 17.7 Å². The predicted octanol–water partition coefficient (Wildman–Crippen LogP) is 2.16. The fraction of sp³-hybridized carbons (Fsp3) is 0.533. The van der Waals surface area contributed by atoms with Crippen molar-refractivity contribution in [2.45, 2.75) is 32.4 Å². The van der Waals surface area contributed by atoms with Gasteiger partial charge in [-0.3, -0.25) is 4.79 Å². The summed E-state index contributed by atoms with van der Waals surface area (Å²) in [4.78, 5) is 13.5. The van der Waals surface area contributed by atoms with Crippen LogP contribution in [0.2, 0.25) is 5.02 Å². The first-order valence-corrected chi connectivity index (χ1v) is 7.43. The fourth-order valence-corrected chi connectivity index (χ4v) is 2.89. The molecule has 2 rings (SSSR count). The van der Waals surface area contributed by atoms with Crippen molar-refractivity contribution in [3.05, 3.63) is 28.8 Å². The molecule has 1 aliphatic rings. The molecule has 5 heteroatoms. The van der Waals surface area contributed by atoms with Gasteiger partial charge >= 0.3 is 0 Å². The average Bonchev–Trinajstić information content (AvgIpc) is 2.41. The van der Waals surface area contributed by atoms with Gasteiger partial charge in [-0.2, -0.15) is 0 Å². The molecule has 0 atom stereocenters. The number of nitrogens with one attached hydrogen (secondary N) is 2. The second kappa shape index (κ2) is 6.95. The van der Waals surface area contributed by atoms with Crippen LogP contribution in [-0.2, 0) is 11.3 Å². The molecule has 20 heavy (non-hydrogen) atoms. The zero-order chi connectivity index (χ0) is 14.5. The SMILES string of the molecule is CNCc1ccc(Cl)cc1N1CCC(NC(C)=O)CC1. The van der Waals surface area contributed by atoms with E-state index in [1.165, 1.54) is 11.3 Å². The molecule has 0 saturated carbocycles. The van der Waals surface area contributed by atoms with Gasteiger partial charge in [-0.25, -0.2) is 0 Å². The highest BCUT2D eigenvalue weighted by atomic mass is 35.5. The summed E-state index contributed by atoms with van der Waals surface area (Å²) < 4.78 is 0. The number of nitrogens with zero attached hydrogens (tertiary/aromatic N) is 1. The molecular formula is C15H22ClN3O. The Bertz CT molecular complexity index is 470. The zero-order valence-electron chi connectivity index (χ0n) is 12.1. The van der Waals surface area contributed by atoms with Crippen LogP contribution in [0.25, 0.3) is 0 Å². The van der Waals surface area contributed by atoms with E-state index in [2.05, 4.69) is 21.6 Å². The molecule has 1 aromatic carbocycles. The first kappa shape index (κ1) is 15.1. The third-order valence-corrected chi connectivity index (χ3v) is 3.89. The second-order valence-corrected chi connectivity index (χ2v) is 5.70. The van der Waals surface area contributed by atoms with Crippen LogP contribution in [-0.4, -0.2) is 32.1 Å². The van der Waals surface area contributed by atoms with Crippen molar-refractivity contribution in [2.75, 3.05) is 25.0 Å². The maximum absolute atomic E-state index is 11.1. The fourth-order valence-electron chi connectivity index (χ4n) is 2.72. The Balaban J connectivity index is 2.06. The molecule has 1 saturated heterocycles. The number of benzene rings is 1. The Morgan fingerprint density at radius 3 is 2.70 bits per heavy atom. The van der Waals surface area contributed by atoms with Gasteiger partial charge in [0.15, 0.2) is 0 Å². The lowest BCUT2D eigenvalue weighted by Crippen LogP contribution is -2.44. The number of halogens is 1. The van der Waals surface area contributed by atoms with Crippen LogP contribution < -0.4 is 15.5 Å². The summed E-state index contributed by atoms with van der Waals surface area (Å²) in [5, 5.41) is 6.96. The molecule has 0 aromatic heterocycles. The summed E-state index contributed by atoms with van der Waals surface area (Å²) in [5.41, 5.74) is 2.46. The molecule has 1 aromatic rings. The van der Waals surface area contributed by atoms with Crippen molar-refractivity contribution in [1.82, 2.24) is 10.6 Å². The molecule has 0 spiro atoms. The van der Waals surface area contributed by atoms with Crippen LogP contribution in [0.4, 0.5) is 5.69 Å². The van der Waals surface area contributed by atoms with Crippen LogP contribution in [0.5, 0.6) is 0 Å². The van der Waals surface area contributed by atoms with E-state index in [0.29, 0.717) is 6.04 Å². The number of amides is 1. The number of piperidine rings is 1. The lowest BCUT2D eigenvalue weighted by molar-refractivity contribution is -0.119. The number of carbonyl (C=O) groups is 1. The van der Waals surface area contributed by atoms with E-state index in [0.717, 1.165) is 37.5 Å². The summed E-state index contributed by atoms with van der Waals surface area (Å²) in [6.45, 7) is 4.30. The monoisotopic (exact) mass is 295 g/mol. The summed E-state index contributed by atoms with van der Waals surface area (Å²) in [6, 6.07) is 6.35. The first-order valence-electron chi connectivity index (χ1n) is 7.05. The zero-order valence-corrected chi connectivity index (χ0v) is 12.8. The standard InChI is InChI=1S/C15H22ClN3O/c1-11(20)18-14-5-7-19(8-6-14)15-9-13(16)4-3-12(15)10-17-2/h3-4,9,14,17H,5-8,10H2,1-2H3,(H,18,20). The molecule has 1 fully saturated rings. The quantitative estimate of drug-likeness (QED) is 0.895. The normalized spacial score (nSPS) is 16.2. The van der Waals surface area contributed by atoms with Crippen LogP contribution in [0.1, 0.15) is 25.3 Å². The van der Waals surface area contributed by atoms with Crippen molar-refractivity contribution in [3.63, 3.8) is 0 Å². The third kappa shape index (κ3) is 3.87. The summed E-state index contributed by atoms with van der Waals surface area (Å²) in [7, 11) is 1.95. The van der Waals surface area contributed by atoms with E-state index in [1.54, 1.807) is 6.92 Å². The maximum Gasteiger partial charge on any atom is 0.217 e. The Kier molecular flexibility index (Phi) is 5.26. The highest BCUT2D eigenvalue weighted by Crippen LogP contribution is 2.27. The smallest absolute Gasteiger partial charge is 0.217 e. The maximum atomic E-state index is 11.1. The topological polar surface area (TPSA) is 44.4 Å². The van der Waals surface area contributed by atoms with Crippen molar-refractivity contribution >= 4 is 23.2 Å². The summed E-state index contributed by atoms with van der Waals surface area (Å²) in [6.07, 6.45) is 1.95. The van der Waals surface area contributed by atoms with Crippen molar-refractivity contribution < 1.29 is 4.79 Å². The van der Waals surface area contributed by atoms with Crippen LogP contribution in [0.15, 0.2) is 18.2 Å². The molecule has 0 radical (unpaired) electrons.